The minimum atomic E-state index is -0.182. The Morgan fingerprint density at radius 2 is 0.942 bits per heavy atom. The maximum absolute atomic E-state index is 7.01. The fraction of sp³-hybridized carbons (Fsp3) is 0.0625. The Labute approximate surface area is 403 Å². The van der Waals surface area contributed by atoms with Crippen LogP contribution in [-0.4, -0.2) is 11.3 Å². The Morgan fingerprint density at radius 3 is 1.64 bits per heavy atom. The van der Waals surface area contributed by atoms with Gasteiger partial charge in [0, 0.05) is 67.2 Å². The van der Waals surface area contributed by atoms with Crippen LogP contribution in [0.4, 0.5) is 34.1 Å². The van der Waals surface area contributed by atoms with E-state index in [-0.39, 0.29) is 12.1 Å². The molecule has 0 N–H and O–H groups in total. The molecule has 5 heteroatoms. The molecule has 11 aromatic rings. The maximum Gasteiger partial charge on any atom is 0.252 e. The van der Waals surface area contributed by atoms with E-state index >= 15 is 0 Å². The van der Waals surface area contributed by atoms with Crippen LogP contribution in [-0.2, 0) is 5.41 Å². The molecule has 3 aliphatic rings. The Balaban J connectivity index is 1.11. The summed E-state index contributed by atoms with van der Waals surface area (Å²) in [6.45, 7) is 6.94. The minimum absolute atomic E-state index is 0.0901. The first-order chi connectivity index (χ1) is 33.9. The second-order valence-electron chi connectivity index (χ2n) is 19.7. The van der Waals surface area contributed by atoms with Gasteiger partial charge in [-0.05, 0) is 105 Å². The number of benzene rings is 10. The van der Waals surface area contributed by atoms with Gasteiger partial charge in [-0.15, -0.1) is 0 Å². The summed E-state index contributed by atoms with van der Waals surface area (Å²) in [6.07, 6.45) is 0. The molecule has 0 unspecified atom stereocenters. The molecule has 4 nitrogen and oxygen atoms in total. The standard InChI is InChI=1S/C64H46BN3O/c1-64(2,3)43-38-58-62-59(39-43)68-56-29-14-9-22-48(56)49-23-10-15-30-60(49)69-61-31-16-11-24-50(61)51-25-17-26-53(63(51)68)65(62)52-37-36-45(67-54-27-12-7-20-46(54)47-21-8-13-28-55(47)67)40-57(52)66(58)44-34-32-42(33-35-44)41-18-5-4-6-19-41/h4-40H,1-3H3. The van der Waals surface area contributed by atoms with E-state index in [1.54, 1.807) is 0 Å². The number of rotatable bonds is 3. The SMILES string of the molecule is CC(C)(C)c1cc2c3c(c1)N1c4ccccc4-c4ccccc4Oc4ccccc4-c4cccc(c41)B3c1ccc(-n3c4ccccc4c4ccccc43)cc1N2c1ccc(-c2ccccc2)cc1. The van der Waals surface area contributed by atoms with Crippen LogP contribution < -0.4 is 30.9 Å². The molecule has 0 fully saturated rings. The van der Waals surface area contributed by atoms with Gasteiger partial charge in [-0.3, -0.25) is 0 Å². The lowest BCUT2D eigenvalue weighted by atomic mass is 9.33. The fourth-order valence-corrected chi connectivity index (χ4v) is 11.6. The quantitative estimate of drug-likeness (QED) is 0.165. The predicted octanol–water partition coefficient (Wildman–Crippen LogP) is 15.3. The molecule has 4 heterocycles. The monoisotopic (exact) mass is 883 g/mol. The van der Waals surface area contributed by atoms with E-state index < -0.39 is 0 Å². The van der Waals surface area contributed by atoms with Crippen LogP contribution in [0.3, 0.4) is 0 Å². The van der Waals surface area contributed by atoms with Crippen molar-refractivity contribution in [3.8, 4) is 50.6 Å². The molecule has 326 valence electrons. The second kappa shape index (κ2) is 15.0. The molecule has 0 saturated carbocycles. The highest BCUT2D eigenvalue weighted by Gasteiger charge is 2.46. The zero-order valence-electron chi connectivity index (χ0n) is 38.7. The van der Waals surface area contributed by atoms with Gasteiger partial charge in [0.2, 0.25) is 0 Å². The third kappa shape index (κ3) is 5.96. The molecule has 0 atom stereocenters. The van der Waals surface area contributed by atoms with Gasteiger partial charge in [-0.1, -0.05) is 178 Å². The summed E-state index contributed by atoms with van der Waals surface area (Å²) in [5, 5.41) is 2.50. The first kappa shape index (κ1) is 39.6. The predicted molar refractivity (Wildman–Crippen MR) is 290 cm³/mol. The zero-order valence-corrected chi connectivity index (χ0v) is 38.7. The molecule has 0 saturated heterocycles. The summed E-state index contributed by atoms with van der Waals surface area (Å²) in [5.41, 5.74) is 22.1. The Hall–Kier alpha value is -8.54. The van der Waals surface area contributed by atoms with Crippen molar-refractivity contribution in [3.63, 3.8) is 0 Å². The lowest BCUT2D eigenvalue weighted by Crippen LogP contribution is -2.61. The molecule has 1 aromatic heterocycles. The van der Waals surface area contributed by atoms with E-state index in [1.807, 2.05) is 0 Å². The molecule has 69 heavy (non-hydrogen) atoms. The van der Waals surface area contributed by atoms with Crippen LogP contribution in [0.15, 0.2) is 224 Å². The first-order valence-electron chi connectivity index (χ1n) is 24.0. The third-order valence-electron chi connectivity index (χ3n) is 14.7. The van der Waals surface area contributed by atoms with Gasteiger partial charge < -0.3 is 19.1 Å². The van der Waals surface area contributed by atoms with Gasteiger partial charge in [0.15, 0.2) is 0 Å². The van der Waals surface area contributed by atoms with Gasteiger partial charge in [0.05, 0.1) is 16.7 Å². The highest BCUT2D eigenvalue weighted by molar-refractivity contribution is 7.00. The third-order valence-corrected chi connectivity index (χ3v) is 14.7. The molecule has 0 bridgehead atoms. The summed E-state index contributed by atoms with van der Waals surface area (Å²) in [7, 11) is 0. The molecular formula is C64H46BN3O. The molecule has 0 radical (unpaired) electrons. The molecule has 3 aliphatic heterocycles. The van der Waals surface area contributed by atoms with Crippen LogP contribution in [0.1, 0.15) is 26.3 Å². The molecule has 0 amide bonds. The number of anilines is 6. The van der Waals surface area contributed by atoms with E-state index in [0.717, 1.165) is 50.8 Å². The summed E-state index contributed by atoms with van der Waals surface area (Å²) in [4.78, 5) is 5.16. The summed E-state index contributed by atoms with van der Waals surface area (Å²) in [5.74, 6) is 1.66. The van der Waals surface area contributed by atoms with Gasteiger partial charge >= 0.3 is 0 Å². The number of ether oxygens (including phenoxy) is 1. The Kier molecular flexibility index (Phi) is 8.60. The van der Waals surface area contributed by atoms with Crippen molar-refractivity contribution < 1.29 is 4.74 Å². The molecule has 14 rings (SSSR count). The number of hydrogen-bond acceptors (Lipinski definition) is 3. The van der Waals surface area contributed by atoms with E-state index in [4.69, 9.17) is 4.74 Å². The van der Waals surface area contributed by atoms with Crippen LogP contribution in [0, 0.1) is 0 Å². The Bertz CT molecular complexity index is 3830. The smallest absolute Gasteiger partial charge is 0.252 e. The zero-order chi connectivity index (χ0) is 46.0. The maximum atomic E-state index is 7.01. The summed E-state index contributed by atoms with van der Waals surface area (Å²) in [6, 6.07) is 82.6. The van der Waals surface area contributed by atoms with Crippen molar-refractivity contribution in [2.24, 2.45) is 0 Å². The second-order valence-corrected chi connectivity index (χ2v) is 19.7. The van der Waals surface area contributed by atoms with Crippen molar-refractivity contribution in [1.82, 2.24) is 4.57 Å². The fourth-order valence-electron chi connectivity index (χ4n) is 11.6. The first-order valence-corrected chi connectivity index (χ1v) is 24.0. The van der Waals surface area contributed by atoms with Crippen LogP contribution in [0.2, 0.25) is 0 Å². The van der Waals surface area contributed by atoms with E-state index in [0.29, 0.717) is 0 Å². The lowest BCUT2D eigenvalue weighted by molar-refractivity contribution is 0.486. The minimum Gasteiger partial charge on any atom is -0.456 e. The van der Waals surface area contributed by atoms with Crippen molar-refractivity contribution in [3.05, 3.63) is 230 Å². The van der Waals surface area contributed by atoms with E-state index in [1.165, 1.54) is 77.6 Å². The molecule has 0 spiro atoms. The van der Waals surface area contributed by atoms with Crippen molar-refractivity contribution in [2.45, 2.75) is 26.2 Å². The number of nitrogens with zero attached hydrogens (tertiary/aromatic N) is 3. The number of hydrogen-bond donors (Lipinski definition) is 0. The van der Waals surface area contributed by atoms with Gasteiger partial charge in [-0.2, -0.15) is 0 Å². The molecule has 10 aromatic carbocycles. The van der Waals surface area contributed by atoms with Crippen LogP contribution in [0.5, 0.6) is 11.5 Å². The highest BCUT2D eigenvalue weighted by atomic mass is 16.5. The average molecular weight is 884 g/mol. The molecule has 0 aliphatic carbocycles. The van der Waals surface area contributed by atoms with Crippen LogP contribution >= 0.6 is 0 Å². The van der Waals surface area contributed by atoms with Crippen LogP contribution in [0.25, 0.3) is 60.9 Å². The van der Waals surface area contributed by atoms with E-state index in [9.17, 15) is 0 Å². The lowest BCUT2D eigenvalue weighted by Gasteiger charge is -2.46. The van der Waals surface area contributed by atoms with Crippen molar-refractivity contribution in [1.29, 1.82) is 0 Å². The van der Waals surface area contributed by atoms with Crippen molar-refractivity contribution >= 4 is 79.0 Å². The normalized spacial score (nSPS) is 13.2. The van der Waals surface area contributed by atoms with Gasteiger partial charge in [0.25, 0.3) is 6.71 Å². The largest absolute Gasteiger partial charge is 0.456 e. The average Bonchev–Trinajstić information content (AvgIpc) is 3.73. The highest BCUT2D eigenvalue weighted by Crippen LogP contribution is 2.53. The van der Waals surface area contributed by atoms with Gasteiger partial charge in [-0.25, -0.2) is 0 Å². The molecular weight excluding hydrogens is 838 g/mol. The number of fused-ring (bicyclic) bond motifs is 13. The number of aromatic nitrogens is 1. The van der Waals surface area contributed by atoms with Crippen molar-refractivity contribution in [2.75, 3.05) is 9.80 Å². The Morgan fingerprint density at radius 1 is 0.391 bits per heavy atom. The van der Waals surface area contributed by atoms with Gasteiger partial charge in [0.1, 0.15) is 11.5 Å². The topological polar surface area (TPSA) is 20.6 Å². The number of para-hydroxylation sites is 6. The summed E-state index contributed by atoms with van der Waals surface area (Å²) >= 11 is 0. The summed E-state index contributed by atoms with van der Waals surface area (Å²) < 4.78 is 9.46. The van der Waals surface area contributed by atoms with E-state index in [2.05, 4.69) is 260 Å².